The second-order valence-corrected chi connectivity index (χ2v) is 0. The van der Waals surface area contributed by atoms with Gasteiger partial charge in [0.25, 0.3) is 0 Å². The van der Waals surface area contributed by atoms with E-state index in [9.17, 15) is 0 Å². The predicted octanol–water partition coefficient (Wildman–Crippen LogP) is -4.26. The van der Waals surface area contributed by atoms with Crippen molar-refractivity contribution in [3.63, 3.8) is 0 Å². The van der Waals surface area contributed by atoms with Crippen molar-refractivity contribution in [3.8, 4) is 0 Å². The largest absolute Gasteiger partial charge is 2.00 e. The maximum Gasteiger partial charge on any atom is 2.00 e. The molecule has 0 heterocycles. The van der Waals surface area contributed by atoms with Crippen LogP contribution in [0.2, 0.25) is 0 Å². The Morgan fingerprint density at radius 3 is 1.00 bits per heavy atom. The van der Waals surface area contributed by atoms with Gasteiger partial charge in [-0.2, -0.15) is 0 Å². The van der Waals surface area contributed by atoms with E-state index in [4.69, 9.17) is 9.32 Å². The molecule has 2 nitrogen and oxygen atoms in total. The van der Waals surface area contributed by atoms with Crippen LogP contribution in [0.15, 0.2) is 0 Å². The van der Waals surface area contributed by atoms with E-state index in [-0.39, 0.29) is 68.7 Å². The van der Waals surface area contributed by atoms with Gasteiger partial charge >= 0.3 is 67.3 Å². The number of hydrogen-bond acceptors (Lipinski definition) is 2. The van der Waals surface area contributed by atoms with Crippen LogP contribution in [0.1, 0.15) is 1.43 Å². The fourth-order valence-corrected chi connectivity index (χ4v) is 0. The predicted molar refractivity (Wildman–Crippen MR) is 18.6 cm³/mol. The topological polar surface area (TPSA) is 46.1 Å². The molecule has 0 spiro atoms. The number of halogens is 2. The van der Waals surface area contributed by atoms with Crippen LogP contribution in [0.25, 0.3) is 0 Å². The van der Waals surface area contributed by atoms with Crippen LogP contribution in [0, 0.1) is 0 Å². The monoisotopic (exact) mass is 166 g/mol. The fourth-order valence-electron chi connectivity index (χ4n) is 0. The summed E-state index contributed by atoms with van der Waals surface area (Å²) in [5.41, 5.74) is 0. The van der Waals surface area contributed by atoms with Crippen LogP contribution in [-0.4, -0.2) is 37.7 Å². The molecule has 0 saturated heterocycles. The molecule has 0 saturated carbocycles. The quantitative estimate of drug-likeness (QED) is 0.343. The van der Waals surface area contributed by atoms with Crippen molar-refractivity contribution in [1.29, 1.82) is 0 Å². The van der Waals surface area contributed by atoms with Gasteiger partial charge in [0.15, 0.2) is 0 Å². The summed E-state index contributed by atoms with van der Waals surface area (Å²) in [5, 5.41) is 0. The maximum atomic E-state index is 7.72. The first kappa shape index (κ1) is 23.3. The van der Waals surface area contributed by atoms with Crippen molar-refractivity contribution in [2.24, 2.45) is 0 Å². The van der Waals surface area contributed by atoms with E-state index in [2.05, 4.69) is 23.7 Å². The zero-order valence-electron chi connectivity index (χ0n) is 4.28. The Bertz CT molecular complexity index is 15.7. The SMILES string of the molecule is [Ca+2].[H-].[Na+].[O-]Cl.[O-]Cl. The molecule has 0 amide bonds. The summed E-state index contributed by atoms with van der Waals surface area (Å²) in [6, 6.07) is 0. The molecular formula is HCaCl2NaO2. The van der Waals surface area contributed by atoms with Gasteiger partial charge in [0.05, 0.1) is 0 Å². The summed E-state index contributed by atoms with van der Waals surface area (Å²) >= 11 is 6.78. The molecule has 0 aromatic heterocycles. The van der Waals surface area contributed by atoms with Crippen molar-refractivity contribution in [3.05, 3.63) is 0 Å². The number of hydrogen-bond donors (Lipinski definition) is 0. The molecule has 0 aromatic rings. The van der Waals surface area contributed by atoms with Crippen LogP contribution in [0.4, 0.5) is 0 Å². The minimum absolute atomic E-state index is 0. The van der Waals surface area contributed by atoms with E-state index >= 15 is 0 Å². The molecule has 0 unspecified atom stereocenters. The summed E-state index contributed by atoms with van der Waals surface area (Å²) in [6.07, 6.45) is 0. The minimum atomic E-state index is 0. The second-order valence-electron chi connectivity index (χ2n) is 0. The first-order valence-electron chi connectivity index (χ1n) is 0.309. The summed E-state index contributed by atoms with van der Waals surface area (Å²) in [7, 11) is 0. The average molecular weight is 167 g/mol. The molecule has 0 rings (SSSR count). The Morgan fingerprint density at radius 1 is 1.00 bits per heavy atom. The van der Waals surface area contributed by atoms with Gasteiger partial charge in [0.1, 0.15) is 0 Å². The minimum Gasteiger partial charge on any atom is -1.00 e. The normalized spacial score (nSPS) is 2.00. The molecular weight excluding hydrogens is 166 g/mol. The molecule has 0 N–H and O–H groups in total. The van der Waals surface area contributed by atoms with Crippen molar-refractivity contribution < 1.29 is 40.3 Å². The summed E-state index contributed by atoms with van der Waals surface area (Å²) in [4.78, 5) is 0. The first-order valence-corrected chi connectivity index (χ1v) is 0.926. The third kappa shape index (κ3) is 29.4. The molecule has 0 aromatic carbocycles. The Labute approximate surface area is 99.9 Å². The Balaban J connectivity index is -0.00000000267. The van der Waals surface area contributed by atoms with Gasteiger partial charge in [-0.3, -0.25) is 0 Å². The summed E-state index contributed by atoms with van der Waals surface area (Å²) in [6.45, 7) is 0. The zero-order valence-corrected chi connectivity index (χ0v) is 9.00. The van der Waals surface area contributed by atoms with Crippen LogP contribution in [-0.2, 0) is 0 Å². The van der Waals surface area contributed by atoms with Gasteiger partial charge in [-0.05, 0) is 0 Å². The third-order valence-electron chi connectivity index (χ3n) is 0. The molecule has 0 aliphatic carbocycles. The maximum absolute atomic E-state index is 7.72. The standard InChI is InChI=1S/Ca.2ClO.Na.H/c;2*1-2;;/q+2;2*-1;+1;-1. The van der Waals surface area contributed by atoms with Crippen LogP contribution >= 0.6 is 23.7 Å². The van der Waals surface area contributed by atoms with Crippen molar-refractivity contribution >= 4 is 61.5 Å². The van der Waals surface area contributed by atoms with Gasteiger partial charge in [0, 0.05) is 0 Å². The van der Waals surface area contributed by atoms with E-state index < -0.39 is 0 Å². The molecule has 30 valence electrons. The first-order chi connectivity index (χ1) is 2.00. The molecule has 0 aliphatic heterocycles. The molecule has 0 atom stereocenters. The van der Waals surface area contributed by atoms with Gasteiger partial charge in [0.2, 0.25) is 0 Å². The van der Waals surface area contributed by atoms with E-state index in [0.717, 1.165) is 0 Å². The molecule has 0 fully saturated rings. The van der Waals surface area contributed by atoms with Gasteiger partial charge in [-0.15, -0.1) is 0 Å². The summed E-state index contributed by atoms with van der Waals surface area (Å²) < 4.78 is 15.4. The Kier molecular flexibility index (Phi) is 181. The molecule has 0 radical (unpaired) electrons. The van der Waals surface area contributed by atoms with Crippen molar-refractivity contribution in [2.45, 2.75) is 0 Å². The smallest absolute Gasteiger partial charge is 1.00 e. The van der Waals surface area contributed by atoms with E-state index in [1.54, 1.807) is 0 Å². The molecule has 0 bridgehead atoms. The fraction of sp³-hybridized carbons (Fsp3) is 0. The molecule has 0 aliphatic rings. The second kappa shape index (κ2) is 46.6. The third-order valence-corrected chi connectivity index (χ3v) is 0. The van der Waals surface area contributed by atoms with E-state index in [1.165, 1.54) is 0 Å². The van der Waals surface area contributed by atoms with Crippen molar-refractivity contribution in [1.82, 2.24) is 0 Å². The number of rotatable bonds is 0. The van der Waals surface area contributed by atoms with Crippen LogP contribution in [0.5, 0.6) is 0 Å². The Morgan fingerprint density at radius 2 is 1.00 bits per heavy atom. The average Bonchev–Trinajstić information content (AvgIpc) is 1.50. The van der Waals surface area contributed by atoms with E-state index in [1.807, 2.05) is 0 Å². The Hall–Kier alpha value is 2.76. The van der Waals surface area contributed by atoms with Crippen molar-refractivity contribution in [2.75, 3.05) is 0 Å². The van der Waals surface area contributed by atoms with Gasteiger partial charge in [-0.1, -0.05) is 0 Å². The van der Waals surface area contributed by atoms with Gasteiger partial charge in [-0.25, -0.2) is 23.7 Å². The summed E-state index contributed by atoms with van der Waals surface area (Å²) in [5.74, 6) is 0. The van der Waals surface area contributed by atoms with Gasteiger partial charge < -0.3 is 10.7 Å². The van der Waals surface area contributed by atoms with E-state index in [0.29, 0.717) is 0 Å². The van der Waals surface area contributed by atoms with Crippen LogP contribution < -0.4 is 38.9 Å². The zero-order chi connectivity index (χ0) is 4.00. The molecule has 6 heavy (non-hydrogen) atoms. The molecule has 6 heteroatoms. The van der Waals surface area contributed by atoms with Crippen LogP contribution in [0.3, 0.4) is 0 Å².